The number of hydrogen-bond acceptors (Lipinski definition) is 4. The summed E-state index contributed by atoms with van der Waals surface area (Å²) in [6, 6.07) is 0. The molecule has 0 aromatic carbocycles. The second-order valence-corrected chi connectivity index (χ2v) is 14.5. The van der Waals surface area contributed by atoms with Crippen LogP contribution in [0.2, 0.25) is 18.1 Å². The first-order valence-corrected chi connectivity index (χ1v) is 11.9. The van der Waals surface area contributed by atoms with Gasteiger partial charge >= 0.3 is 0 Å². The summed E-state index contributed by atoms with van der Waals surface area (Å²) >= 11 is 0. The molecule has 3 aliphatic rings. The predicted molar refractivity (Wildman–Crippen MR) is 93.0 cm³/mol. The Morgan fingerprint density at radius 1 is 1.13 bits per heavy atom. The van der Waals surface area contributed by atoms with Crippen molar-refractivity contribution < 1.29 is 18.6 Å². The lowest BCUT2D eigenvalue weighted by molar-refractivity contribution is -0.330. The first-order chi connectivity index (χ1) is 10.3. The molecule has 1 aliphatic carbocycles. The van der Waals surface area contributed by atoms with Gasteiger partial charge in [0.25, 0.3) is 0 Å². The van der Waals surface area contributed by atoms with Crippen LogP contribution >= 0.6 is 0 Å². The highest BCUT2D eigenvalue weighted by Crippen LogP contribution is 2.59. The lowest BCUT2D eigenvalue weighted by atomic mass is 9.72. The summed E-state index contributed by atoms with van der Waals surface area (Å²) in [7, 11) is -1.79. The molecule has 3 rings (SSSR count). The van der Waals surface area contributed by atoms with Crippen LogP contribution in [0.5, 0.6) is 0 Å². The summed E-state index contributed by atoms with van der Waals surface area (Å²) in [4.78, 5) is 0. The van der Waals surface area contributed by atoms with E-state index in [1.54, 1.807) is 0 Å². The molecule has 134 valence electrons. The van der Waals surface area contributed by atoms with Gasteiger partial charge in [0.2, 0.25) is 0 Å². The zero-order valence-corrected chi connectivity index (χ0v) is 17.1. The number of ether oxygens (including phenoxy) is 3. The van der Waals surface area contributed by atoms with Crippen LogP contribution in [-0.4, -0.2) is 44.1 Å². The number of fused-ring (bicyclic) bond motifs is 2. The van der Waals surface area contributed by atoms with Crippen molar-refractivity contribution in [2.45, 2.75) is 108 Å². The smallest absolute Gasteiger partial charge is 0.192 e. The molecular formula is C18H34O4Si. The molecule has 1 spiro atoms. The van der Waals surface area contributed by atoms with E-state index in [2.05, 4.69) is 40.8 Å². The van der Waals surface area contributed by atoms with Gasteiger partial charge in [0, 0.05) is 19.3 Å². The largest absolute Gasteiger partial charge is 0.414 e. The third-order valence-corrected chi connectivity index (χ3v) is 11.1. The van der Waals surface area contributed by atoms with E-state index in [9.17, 15) is 0 Å². The predicted octanol–water partition coefficient (Wildman–Crippen LogP) is 4.24. The highest BCUT2D eigenvalue weighted by molar-refractivity contribution is 6.74. The van der Waals surface area contributed by atoms with Gasteiger partial charge in [-0.25, -0.2) is 0 Å². The van der Waals surface area contributed by atoms with Crippen molar-refractivity contribution in [3.63, 3.8) is 0 Å². The maximum atomic E-state index is 6.72. The average Bonchev–Trinajstić information content (AvgIpc) is 2.98. The molecule has 2 aliphatic heterocycles. The molecule has 0 radical (unpaired) electrons. The highest BCUT2D eigenvalue weighted by Gasteiger charge is 2.72. The van der Waals surface area contributed by atoms with E-state index in [1.165, 1.54) is 0 Å². The first kappa shape index (κ1) is 17.9. The van der Waals surface area contributed by atoms with Crippen LogP contribution in [-0.2, 0) is 18.6 Å². The fourth-order valence-electron chi connectivity index (χ4n) is 4.02. The fourth-order valence-corrected chi connectivity index (χ4v) is 5.38. The summed E-state index contributed by atoms with van der Waals surface area (Å²) in [6.45, 7) is 18.5. The van der Waals surface area contributed by atoms with Gasteiger partial charge in [0.05, 0.1) is 18.8 Å². The molecule has 0 bridgehead atoms. The Hall–Kier alpha value is 0.0569. The van der Waals surface area contributed by atoms with Crippen molar-refractivity contribution in [1.29, 1.82) is 0 Å². The third kappa shape index (κ3) is 2.93. The van der Waals surface area contributed by atoms with Crippen LogP contribution in [0.1, 0.15) is 60.8 Å². The van der Waals surface area contributed by atoms with Gasteiger partial charge in [-0.2, -0.15) is 0 Å². The van der Waals surface area contributed by atoms with E-state index in [4.69, 9.17) is 18.6 Å². The summed E-state index contributed by atoms with van der Waals surface area (Å²) in [5.41, 5.74) is -0.438. The van der Waals surface area contributed by atoms with Crippen molar-refractivity contribution >= 4 is 8.32 Å². The van der Waals surface area contributed by atoms with Crippen molar-refractivity contribution in [2.24, 2.45) is 0 Å². The van der Waals surface area contributed by atoms with Gasteiger partial charge < -0.3 is 18.6 Å². The monoisotopic (exact) mass is 342 g/mol. The van der Waals surface area contributed by atoms with Gasteiger partial charge in [-0.15, -0.1) is 0 Å². The fraction of sp³-hybridized carbons (Fsp3) is 1.00. The van der Waals surface area contributed by atoms with Gasteiger partial charge in [0.1, 0.15) is 11.2 Å². The summed E-state index contributed by atoms with van der Waals surface area (Å²) < 4.78 is 25.1. The van der Waals surface area contributed by atoms with Gasteiger partial charge in [0.15, 0.2) is 14.1 Å². The highest BCUT2D eigenvalue weighted by atomic mass is 28.4. The van der Waals surface area contributed by atoms with Crippen molar-refractivity contribution in [3.8, 4) is 0 Å². The van der Waals surface area contributed by atoms with E-state index >= 15 is 0 Å². The van der Waals surface area contributed by atoms with Crippen LogP contribution < -0.4 is 0 Å². The third-order valence-electron chi connectivity index (χ3n) is 6.55. The lowest BCUT2D eigenvalue weighted by Crippen LogP contribution is -2.61. The molecular weight excluding hydrogens is 308 g/mol. The molecule has 2 heterocycles. The second-order valence-electron chi connectivity index (χ2n) is 9.75. The Morgan fingerprint density at radius 2 is 1.78 bits per heavy atom. The summed E-state index contributed by atoms with van der Waals surface area (Å²) in [5.74, 6) is -0.545. The molecule has 0 amide bonds. The summed E-state index contributed by atoms with van der Waals surface area (Å²) in [6.07, 6.45) is 3.29. The molecule has 0 N–H and O–H groups in total. The minimum atomic E-state index is -1.79. The average molecular weight is 343 g/mol. The van der Waals surface area contributed by atoms with E-state index in [0.717, 1.165) is 25.9 Å². The van der Waals surface area contributed by atoms with Gasteiger partial charge in [-0.1, -0.05) is 20.8 Å². The van der Waals surface area contributed by atoms with Crippen LogP contribution in [0.25, 0.3) is 0 Å². The molecule has 0 aromatic rings. The van der Waals surface area contributed by atoms with Crippen LogP contribution in [0.15, 0.2) is 0 Å². The Kier molecular flexibility index (Phi) is 3.91. The zero-order valence-electron chi connectivity index (χ0n) is 16.1. The van der Waals surface area contributed by atoms with E-state index in [0.29, 0.717) is 0 Å². The summed E-state index contributed by atoms with van der Waals surface area (Å²) in [5, 5.41) is 0.223. The minimum absolute atomic E-state index is 0.165. The standard InChI is InChI=1S/C18H34O4Si/c1-15(2,3)23(7,8)21-13-11-14-17(6,20-14)18(12-13)9-10-19-16(4,5)22-18/h13-14H,9-12H2,1-8H3/t13-,14-,17-,18+/m0/s1. The van der Waals surface area contributed by atoms with E-state index in [1.807, 2.05) is 13.8 Å². The molecule has 0 unspecified atom stereocenters. The zero-order chi connectivity index (χ0) is 17.3. The molecule has 2 saturated heterocycles. The van der Waals surface area contributed by atoms with Crippen LogP contribution in [0, 0.1) is 0 Å². The van der Waals surface area contributed by atoms with E-state index in [-0.39, 0.29) is 28.4 Å². The van der Waals surface area contributed by atoms with Gasteiger partial charge in [-0.3, -0.25) is 0 Å². The maximum Gasteiger partial charge on any atom is 0.192 e. The van der Waals surface area contributed by atoms with Crippen molar-refractivity contribution in [1.82, 2.24) is 0 Å². The Morgan fingerprint density at radius 3 is 2.35 bits per heavy atom. The molecule has 3 fully saturated rings. The number of epoxide rings is 1. The van der Waals surface area contributed by atoms with Crippen molar-refractivity contribution in [3.05, 3.63) is 0 Å². The second kappa shape index (κ2) is 5.04. The molecule has 4 atom stereocenters. The van der Waals surface area contributed by atoms with Crippen molar-refractivity contribution in [2.75, 3.05) is 6.61 Å². The Balaban J connectivity index is 1.80. The maximum absolute atomic E-state index is 6.72. The SMILES string of the molecule is CC1(C)OCC[C@]2(C[C@@H](O[Si](C)(C)C(C)(C)C)C[C@@H]3O[C@@]32C)O1. The minimum Gasteiger partial charge on any atom is -0.414 e. The lowest BCUT2D eigenvalue weighted by Gasteiger charge is -2.51. The molecule has 1 saturated carbocycles. The Bertz CT molecular complexity index is 484. The molecule has 5 heteroatoms. The molecule has 4 nitrogen and oxygen atoms in total. The van der Waals surface area contributed by atoms with Crippen LogP contribution in [0.4, 0.5) is 0 Å². The first-order valence-electron chi connectivity index (χ1n) is 9.00. The number of hydrogen-bond donors (Lipinski definition) is 0. The van der Waals surface area contributed by atoms with Crippen LogP contribution in [0.3, 0.4) is 0 Å². The molecule has 0 aromatic heterocycles. The molecule has 23 heavy (non-hydrogen) atoms. The number of rotatable bonds is 2. The Labute approximate surface area is 142 Å². The normalized spacial score (nSPS) is 43.3. The van der Waals surface area contributed by atoms with Gasteiger partial charge in [-0.05, 0) is 38.9 Å². The quantitative estimate of drug-likeness (QED) is 0.556. The topological polar surface area (TPSA) is 40.2 Å². The van der Waals surface area contributed by atoms with E-state index < -0.39 is 14.1 Å².